The molecule has 0 atom stereocenters. The van der Waals surface area contributed by atoms with Crippen LogP contribution in [0.1, 0.15) is 24.1 Å². The van der Waals surface area contributed by atoms with Crippen LogP contribution in [0.2, 0.25) is 0 Å². The summed E-state index contributed by atoms with van der Waals surface area (Å²) in [5.41, 5.74) is 2.61. The number of hydrogen-bond donors (Lipinski definition) is 1. The minimum atomic E-state index is -0.0144. The Balaban J connectivity index is 2.15. The first kappa shape index (κ1) is 13.4. The van der Waals surface area contributed by atoms with Crippen LogP contribution in [0.4, 0.5) is 0 Å². The van der Waals surface area contributed by atoms with Gasteiger partial charge in [-0.2, -0.15) is 0 Å². The van der Waals surface area contributed by atoms with Crippen molar-refractivity contribution in [2.75, 3.05) is 7.11 Å². The summed E-state index contributed by atoms with van der Waals surface area (Å²) in [6, 6.07) is 5.63. The second-order valence-electron chi connectivity index (χ2n) is 4.89. The molecule has 0 saturated carbocycles. The van der Waals surface area contributed by atoms with Crippen LogP contribution in [0.3, 0.4) is 0 Å². The van der Waals surface area contributed by atoms with Crippen molar-refractivity contribution in [2.24, 2.45) is 0 Å². The Labute approximate surface area is 125 Å². The third-order valence-electron chi connectivity index (χ3n) is 3.62. The monoisotopic (exact) mass is 334 g/mol. The molecule has 5 heteroatoms. The topological polar surface area (TPSA) is 55.0 Å². The van der Waals surface area contributed by atoms with E-state index in [0.29, 0.717) is 5.82 Å². The Morgan fingerprint density at radius 2 is 2.10 bits per heavy atom. The Morgan fingerprint density at radius 1 is 1.30 bits per heavy atom. The molecule has 2 aromatic rings. The molecule has 20 heavy (non-hydrogen) atoms. The molecule has 0 radical (unpaired) electrons. The lowest BCUT2D eigenvalue weighted by Gasteiger charge is -2.15. The number of nitrogens with one attached hydrogen (secondary N) is 1. The lowest BCUT2D eigenvalue weighted by molar-refractivity contribution is 0.415. The van der Waals surface area contributed by atoms with Gasteiger partial charge in [-0.25, -0.2) is 4.98 Å². The van der Waals surface area contributed by atoms with Crippen molar-refractivity contribution in [3.05, 3.63) is 44.3 Å². The standard InChI is InChI=1S/C15H15BrN2O2/c1-20-9-6-7-12(16)11(8-9)14-17-13-5-3-2-4-10(13)15(19)18-14/h6-8H,2-5H2,1H3,(H,17,18,19). The number of aromatic nitrogens is 2. The maximum atomic E-state index is 12.2. The summed E-state index contributed by atoms with van der Waals surface area (Å²) in [7, 11) is 1.62. The van der Waals surface area contributed by atoms with E-state index >= 15 is 0 Å². The molecule has 1 heterocycles. The highest BCUT2D eigenvalue weighted by atomic mass is 79.9. The van der Waals surface area contributed by atoms with Gasteiger partial charge in [0.15, 0.2) is 0 Å². The van der Waals surface area contributed by atoms with Crippen LogP contribution >= 0.6 is 15.9 Å². The number of methoxy groups -OCH3 is 1. The van der Waals surface area contributed by atoms with Crippen molar-refractivity contribution in [1.82, 2.24) is 9.97 Å². The summed E-state index contributed by atoms with van der Waals surface area (Å²) < 4.78 is 6.12. The number of rotatable bonds is 2. The van der Waals surface area contributed by atoms with Crippen molar-refractivity contribution in [3.63, 3.8) is 0 Å². The van der Waals surface area contributed by atoms with Crippen LogP contribution in [0.25, 0.3) is 11.4 Å². The first-order chi connectivity index (χ1) is 9.69. The van der Waals surface area contributed by atoms with E-state index < -0.39 is 0 Å². The molecule has 0 spiro atoms. The molecule has 0 amide bonds. The average Bonchev–Trinajstić information content (AvgIpc) is 2.48. The summed E-state index contributed by atoms with van der Waals surface area (Å²) in [5.74, 6) is 1.34. The van der Waals surface area contributed by atoms with Crippen LogP contribution in [-0.4, -0.2) is 17.1 Å². The van der Waals surface area contributed by atoms with Crippen LogP contribution in [0.5, 0.6) is 5.75 Å². The molecule has 1 aliphatic carbocycles. The molecule has 104 valence electrons. The second kappa shape index (κ2) is 5.40. The highest BCUT2D eigenvalue weighted by Gasteiger charge is 2.17. The van der Waals surface area contributed by atoms with E-state index in [1.807, 2.05) is 18.2 Å². The molecule has 0 fully saturated rings. The number of ether oxygens (including phenoxy) is 1. The largest absolute Gasteiger partial charge is 0.497 e. The van der Waals surface area contributed by atoms with E-state index in [0.717, 1.165) is 52.7 Å². The zero-order chi connectivity index (χ0) is 14.1. The first-order valence-electron chi connectivity index (χ1n) is 6.65. The fourth-order valence-electron chi connectivity index (χ4n) is 2.54. The summed E-state index contributed by atoms with van der Waals surface area (Å²) >= 11 is 3.50. The van der Waals surface area contributed by atoms with Crippen molar-refractivity contribution < 1.29 is 4.74 Å². The van der Waals surface area contributed by atoms with Crippen LogP contribution in [0, 0.1) is 0 Å². The van der Waals surface area contributed by atoms with E-state index in [1.54, 1.807) is 7.11 Å². The molecule has 0 aliphatic heterocycles. The van der Waals surface area contributed by atoms with Crippen LogP contribution in [-0.2, 0) is 12.8 Å². The predicted octanol–water partition coefficient (Wildman–Crippen LogP) is 3.09. The zero-order valence-electron chi connectivity index (χ0n) is 11.2. The zero-order valence-corrected chi connectivity index (χ0v) is 12.8. The Kier molecular flexibility index (Phi) is 3.61. The summed E-state index contributed by atoms with van der Waals surface area (Å²) in [4.78, 5) is 19.7. The van der Waals surface area contributed by atoms with Gasteiger partial charge in [0.25, 0.3) is 5.56 Å². The lowest BCUT2D eigenvalue weighted by Crippen LogP contribution is -2.21. The number of aryl methyl sites for hydroxylation is 1. The summed E-state index contributed by atoms with van der Waals surface area (Å²) in [6.07, 6.45) is 3.88. The first-order valence-corrected chi connectivity index (χ1v) is 7.44. The van der Waals surface area contributed by atoms with Gasteiger partial charge in [0.1, 0.15) is 11.6 Å². The molecule has 0 saturated heterocycles. The Bertz CT molecular complexity index is 710. The minimum absolute atomic E-state index is 0.0144. The molecular formula is C15H15BrN2O2. The second-order valence-corrected chi connectivity index (χ2v) is 5.75. The van der Waals surface area contributed by atoms with Gasteiger partial charge in [-0.05, 0) is 43.9 Å². The third-order valence-corrected chi connectivity index (χ3v) is 4.31. The number of nitrogens with zero attached hydrogens (tertiary/aromatic N) is 1. The Hall–Kier alpha value is -1.62. The highest BCUT2D eigenvalue weighted by molar-refractivity contribution is 9.10. The molecule has 1 N–H and O–H groups in total. The number of halogens is 1. The van der Waals surface area contributed by atoms with E-state index in [9.17, 15) is 4.79 Å². The molecule has 0 bridgehead atoms. The predicted molar refractivity (Wildman–Crippen MR) is 81.2 cm³/mol. The number of fused-ring (bicyclic) bond motifs is 1. The van der Waals surface area contributed by atoms with Gasteiger partial charge in [-0.15, -0.1) is 0 Å². The van der Waals surface area contributed by atoms with Gasteiger partial charge in [-0.3, -0.25) is 4.79 Å². The maximum Gasteiger partial charge on any atom is 0.254 e. The minimum Gasteiger partial charge on any atom is -0.497 e. The molecule has 1 aliphatic rings. The third kappa shape index (κ3) is 2.38. The molecule has 1 aromatic carbocycles. The number of benzene rings is 1. The molecule has 0 unspecified atom stereocenters. The fraction of sp³-hybridized carbons (Fsp3) is 0.333. The van der Waals surface area contributed by atoms with Gasteiger partial charge < -0.3 is 9.72 Å². The van der Waals surface area contributed by atoms with Crippen molar-refractivity contribution in [1.29, 1.82) is 0 Å². The average molecular weight is 335 g/mol. The van der Waals surface area contributed by atoms with E-state index in [2.05, 4.69) is 25.9 Å². The summed E-state index contributed by atoms with van der Waals surface area (Å²) in [5, 5.41) is 0. The van der Waals surface area contributed by atoms with Gasteiger partial charge in [0, 0.05) is 15.6 Å². The van der Waals surface area contributed by atoms with Gasteiger partial charge in [0.05, 0.1) is 12.8 Å². The van der Waals surface area contributed by atoms with Crippen molar-refractivity contribution in [3.8, 4) is 17.1 Å². The summed E-state index contributed by atoms with van der Waals surface area (Å²) in [6.45, 7) is 0. The SMILES string of the molecule is COc1ccc(Br)c(-c2nc3c(c(=O)[nH]2)CCCC3)c1. The van der Waals surface area contributed by atoms with Crippen LogP contribution in [0.15, 0.2) is 27.5 Å². The quantitative estimate of drug-likeness (QED) is 0.918. The molecule has 4 nitrogen and oxygen atoms in total. The van der Waals surface area contributed by atoms with E-state index in [4.69, 9.17) is 4.74 Å². The number of aromatic amines is 1. The lowest BCUT2D eigenvalue weighted by atomic mass is 9.97. The van der Waals surface area contributed by atoms with Gasteiger partial charge in [-0.1, -0.05) is 15.9 Å². The maximum absolute atomic E-state index is 12.2. The number of hydrogen-bond acceptors (Lipinski definition) is 3. The normalized spacial score (nSPS) is 13.9. The molecule has 3 rings (SSSR count). The molecular weight excluding hydrogens is 320 g/mol. The van der Waals surface area contributed by atoms with Gasteiger partial charge in [0.2, 0.25) is 0 Å². The van der Waals surface area contributed by atoms with Gasteiger partial charge >= 0.3 is 0 Å². The fourth-order valence-corrected chi connectivity index (χ4v) is 2.98. The number of H-pyrrole nitrogens is 1. The molecule has 1 aromatic heterocycles. The van der Waals surface area contributed by atoms with E-state index in [-0.39, 0.29) is 5.56 Å². The highest BCUT2D eigenvalue weighted by Crippen LogP contribution is 2.30. The smallest absolute Gasteiger partial charge is 0.254 e. The van der Waals surface area contributed by atoms with E-state index in [1.165, 1.54) is 0 Å². The van der Waals surface area contributed by atoms with Crippen molar-refractivity contribution in [2.45, 2.75) is 25.7 Å². The Morgan fingerprint density at radius 3 is 2.90 bits per heavy atom. The van der Waals surface area contributed by atoms with Crippen molar-refractivity contribution >= 4 is 15.9 Å². The van der Waals surface area contributed by atoms with Crippen LogP contribution < -0.4 is 10.3 Å².